The van der Waals surface area contributed by atoms with Crippen molar-refractivity contribution in [2.75, 3.05) is 11.8 Å². The van der Waals surface area contributed by atoms with Gasteiger partial charge in [0.1, 0.15) is 10.6 Å². The van der Waals surface area contributed by atoms with Gasteiger partial charge >= 0.3 is 5.76 Å². The van der Waals surface area contributed by atoms with E-state index in [0.717, 1.165) is 0 Å². The van der Waals surface area contributed by atoms with Gasteiger partial charge in [0.05, 0.1) is 18.3 Å². The van der Waals surface area contributed by atoms with Crippen LogP contribution in [0.1, 0.15) is 12.5 Å². The molecule has 0 atom stereocenters. The summed E-state index contributed by atoms with van der Waals surface area (Å²) >= 11 is 5.94. The Hall–Kier alpha value is -2.45. The van der Waals surface area contributed by atoms with Gasteiger partial charge in [-0.1, -0.05) is 11.6 Å². The molecule has 1 N–H and O–H groups in total. The van der Waals surface area contributed by atoms with Crippen molar-refractivity contribution < 1.29 is 17.6 Å². The van der Waals surface area contributed by atoms with Crippen LogP contribution in [-0.2, 0) is 16.6 Å². The number of anilines is 1. The molecule has 0 amide bonds. The maximum atomic E-state index is 12.8. The number of oxazole rings is 1. The van der Waals surface area contributed by atoms with Crippen molar-refractivity contribution in [2.24, 2.45) is 0 Å². The normalized spacial score (nSPS) is 11.7. The molecule has 0 aliphatic heterocycles. The highest BCUT2D eigenvalue weighted by Crippen LogP contribution is 2.30. The molecule has 26 heavy (non-hydrogen) atoms. The number of hydrogen-bond acceptors (Lipinski definition) is 5. The van der Waals surface area contributed by atoms with Gasteiger partial charge < -0.3 is 9.15 Å². The van der Waals surface area contributed by atoms with E-state index in [-0.39, 0.29) is 15.7 Å². The summed E-state index contributed by atoms with van der Waals surface area (Å²) in [5.74, 6) is -0.312. The maximum Gasteiger partial charge on any atom is 0.419 e. The van der Waals surface area contributed by atoms with Crippen LogP contribution in [0.5, 0.6) is 5.75 Å². The van der Waals surface area contributed by atoms with Crippen LogP contribution in [0.25, 0.3) is 11.1 Å². The van der Waals surface area contributed by atoms with Crippen LogP contribution in [0.4, 0.5) is 5.69 Å². The summed E-state index contributed by atoms with van der Waals surface area (Å²) in [5.41, 5.74) is 1.86. The Kier molecular flexibility index (Phi) is 4.72. The number of sulfonamides is 1. The standard InChI is InChI=1S/C17H17ClN2O5S/c1-4-20-13-9-12(10(2)7-15(13)25-17(20)21)19-26(22,23)16-8-11(18)5-6-14(16)24-3/h5-9,19H,4H2,1-3H3. The minimum Gasteiger partial charge on any atom is -0.495 e. The molecule has 0 aliphatic carbocycles. The van der Waals surface area contributed by atoms with E-state index < -0.39 is 15.8 Å². The van der Waals surface area contributed by atoms with Crippen LogP contribution in [-0.4, -0.2) is 20.1 Å². The number of aryl methyl sites for hydroxylation is 2. The van der Waals surface area contributed by atoms with Crippen molar-refractivity contribution in [1.29, 1.82) is 0 Å². The highest BCUT2D eigenvalue weighted by molar-refractivity contribution is 7.92. The second-order valence-corrected chi connectivity index (χ2v) is 7.74. The van der Waals surface area contributed by atoms with Gasteiger partial charge in [0.15, 0.2) is 5.58 Å². The van der Waals surface area contributed by atoms with Crippen LogP contribution >= 0.6 is 11.6 Å². The number of fused-ring (bicyclic) bond motifs is 1. The van der Waals surface area contributed by atoms with Gasteiger partial charge in [-0.2, -0.15) is 0 Å². The highest BCUT2D eigenvalue weighted by Gasteiger charge is 2.22. The molecule has 0 radical (unpaired) electrons. The Morgan fingerprint density at radius 3 is 2.65 bits per heavy atom. The molecule has 0 saturated heterocycles. The second-order valence-electron chi connectivity index (χ2n) is 5.65. The average molecular weight is 397 g/mol. The van der Waals surface area contributed by atoms with Gasteiger partial charge in [-0.05, 0) is 49.7 Å². The Balaban J connectivity index is 2.12. The molecule has 0 bridgehead atoms. The number of aromatic nitrogens is 1. The van der Waals surface area contributed by atoms with Gasteiger partial charge in [0.2, 0.25) is 0 Å². The lowest BCUT2D eigenvalue weighted by Crippen LogP contribution is -2.15. The number of benzene rings is 2. The van der Waals surface area contributed by atoms with E-state index in [4.69, 9.17) is 20.8 Å². The largest absolute Gasteiger partial charge is 0.495 e. The molecule has 1 heterocycles. The summed E-state index contributed by atoms with van der Waals surface area (Å²) in [6, 6.07) is 7.54. The van der Waals surface area contributed by atoms with Gasteiger partial charge in [0.25, 0.3) is 10.0 Å². The van der Waals surface area contributed by atoms with E-state index in [1.54, 1.807) is 32.0 Å². The number of methoxy groups -OCH3 is 1. The van der Waals surface area contributed by atoms with Gasteiger partial charge in [-0.15, -0.1) is 0 Å². The smallest absolute Gasteiger partial charge is 0.419 e. The highest BCUT2D eigenvalue weighted by atomic mass is 35.5. The Morgan fingerprint density at radius 1 is 1.27 bits per heavy atom. The van der Waals surface area contributed by atoms with Crippen molar-refractivity contribution >= 4 is 38.4 Å². The molecule has 0 unspecified atom stereocenters. The van der Waals surface area contributed by atoms with Crippen LogP contribution in [0.3, 0.4) is 0 Å². The fourth-order valence-electron chi connectivity index (χ4n) is 2.68. The first-order valence-corrected chi connectivity index (χ1v) is 9.63. The fourth-order valence-corrected chi connectivity index (χ4v) is 4.23. The SMILES string of the molecule is CCn1c(=O)oc2cc(C)c(NS(=O)(=O)c3cc(Cl)ccc3OC)cc21. The molecule has 138 valence electrons. The lowest BCUT2D eigenvalue weighted by Gasteiger charge is -2.13. The third kappa shape index (κ3) is 3.17. The zero-order chi connectivity index (χ0) is 19.1. The van der Waals surface area contributed by atoms with Gasteiger partial charge in [-0.3, -0.25) is 9.29 Å². The molecule has 0 aliphatic rings. The summed E-state index contributed by atoms with van der Waals surface area (Å²) < 4.78 is 39.9. The van der Waals surface area contributed by atoms with E-state index in [9.17, 15) is 13.2 Å². The van der Waals surface area contributed by atoms with Gasteiger partial charge in [-0.25, -0.2) is 13.2 Å². The predicted molar refractivity (Wildman–Crippen MR) is 99.7 cm³/mol. The number of nitrogens with one attached hydrogen (secondary N) is 1. The van der Waals surface area contributed by atoms with Crippen LogP contribution in [0.2, 0.25) is 5.02 Å². The van der Waals surface area contributed by atoms with E-state index >= 15 is 0 Å². The first-order valence-electron chi connectivity index (χ1n) is 7.77. The summed E-state index contributed by atoms with van der Waals surface area (Å²) in [4.78, 5) is 11.8. The zero-order valence-corrected chi connectivity index (χ0v) is 15.9. The number of halogens is 1. The molecule has 3 rings (SSSR count). The molecule has 0 saturated carbocycles. The molecule has 0 fully saturated rings. The first-order chi connectivity index (χ1) is 12.3. The van der Waals surface area contributed by atoms with Crippen molar-refractivity contribution in [3.63, 3.8) is 0 Å². The number of ether oxygens (including phenoxy) is 1. The van der Waals surface area contributed by atoms with Gasteiger partial charge in [0, 0.05) is 11.6 Å². The number of rotatable bonds is 5. The van der Waals surface area contributed by atoms with Crippen LogP contribution in [0.15, 0.2) is 44.4 Å². The quantitative estimate of drug-likeness (QED) is 0.713. The van der Waals surface area contributed by atoms with E-state index in [1.165, 1.54) is 23.8 Å². The maximum absolute atomic E-state index is 12.8. The molecule has 2 aromatic carbocycles. The van der Waals surface area contributed by atoms with E-state index in [1.807, 2.05) is 0 Å². The van der Waals surface area contributed by atoms with Crippen LogP contribution < -0.4 is 15.2 Å². The van der Waals surface area contributed by atoms with Crippen molar-refractivity contribution in [1.82, 2.24) is 4.57 Å². The predicted octanol–water partition coefficient (Wildman–Crippen LogP) is 3.39. The molecule has 0 spiro atoms. The number of hydrogen-bond donors (Lipinski definition) is 1. The minimum absolute atomic E-state index is 0.0768. The molecule has 3 aromatic rings. The molecule has 1 aromatic heterocycles. The molecule has 9 heteroatoms. The minimum atomic E-state index is -3.96. The van der Waals surface area contributed by atoms with Crippen LogP contribution in [0, 0.1) is 6.92 Å². The van der Waals surface area contributed by atoms with E-state index in [2.05, 4.69) is 4.72 Å². The second kappa shape index (κ2) is 6.69. The van der Waals surface area contributed by atoms with Crippen molar-refractivity contribution in [3.8, 4) is 5.75 Å². The zero-order valence-electron chi connectivity index (χ0n) is 14.4. The molecular weight excluding hydrogens is 380 g/mol. The number of nitrogens with zero attached hydrogens (tertiary/aromatic N) is 1. The lowest BCUT2D eigenvalue weighted by molar-refractivity contribution is 0.403. The Morgan fingerprint density at radius 2 is 2.00 bits per heavy atom. The summed E-state index contributed by atoms with van der Waals surface area (Å²) in [6.07, 6.45) is 0. The summed E-state index contributed by atoms with van der Waals surface area (Å²) in [6.45, 7) is 3.93. The van der Waals surface area contributed by atoms with Crippen molar-refractivity contribution in [2.45, 2.75) is 25.3 Å². The first kappa shape index (κ1) is 18.3. The third-order valence-electron chi connectivity index (χ3n) is 3.99. The monoisotopic (exact) mass is 396 g/mol. The lowest BCUT2D eigenvalue weighted by atomic mass is 10.2. The summed E-state index contributed by atoms with van der Waals surface area (Å²) in [5, 5.41) is 0.271. The Labute approximate surface area is 155 Å². The summed E-state index contributed by atoms with van der Waals surface area (Å²) in [7, 11) is -2.58. The molecular formula is C17H17ClN2O5S. The topological polar surface area (TPSA) is 90.5 Å². The molecule has 7 nitrogen and oxygen atoms in total. The average Bonchev–Trinajstić information content (AvgIpc) is 2.89. The van der Waals surface area contributed by atoms with Crippen molar-refractivity contribution in [3.05, 3.63) is 51.5 Å². The van der Waals surface area contributed by atoms with E-state index in [0.29, 0.717) is 28.9 Å². The Bertz CT molecular complexity index is 1150. The fraction of sp³-hybridized carbons (Fsp3) is 0.235. The third-order valence-corrected chi connectivity index (χ3v) is 5.61.